The van der Waals surface area contributed by atoms with Crippen LogP contribution in [-0.2, 0) is 9.31 Å². The highest BCUT2D eigenvalue weighted by Crippen LogP contribution is 2.33. The Labute approximate surface area is 108 Å². The van der Waals surface area contributed by atoms with E-state index < -0.39 is 0 Å². The van der Waals surface area contributed by atoms with E-state index in [4.69, 9.17) is 14.0 Å². The number of hydrogen-bond donors (Lipinski definition) is 1. The van der Waals surface area contributed by atoms with Gasteiger partial charge in [-0.25, -0.2) is 0 Å². The SMILES string of the molecule is CN[C@H]1OB2OC(C)(C)COc3ccc(C)c1c32. The average molecular weight is 247 g/mol. The first kappa shape index (κ1) is 12.0. The van der Waals surface area contributed by atoms with Gasteiger partial charge in [0.1, 0.15) is 18.6 Å². The highest BCUT2D eigenvalue weighted by Gasteiger charge is 2.45. The van der Waals surface area contributed by atoms with Crippen LogP contribution in [0.2, 0.25) is 0 Å². The van der Waals surface area contributed by atoms with E-state index in [1.54, 1.807) is 0 Å². The van der Waals surface area contributed by atoms with Gasteiger partial charge < -0.3 is 14.0 Å². The first-order valence-electron chi connectivity index (χ1n) is 6.28. The highest BCUT2D eigenvalue weighted by atomic mass is 16.6. The molecule has 0 saturated carbocycles. The van der Waals surface area contributed by atoms with Crippen LogP contribution < -0.4 is 15.5 Å². The lowest BCUT2D eigenvalue weighted by Crippen LogP contribution is -2.40. The average Bonchev–Trinajstić information content (AvgIpc) is 2.61. The molecule has 18 heavy (non-hydrogen) atoms. The zero-order valence-electron chi connectivity index (χ0n) is 11.2. The van der Waals surface area contributed by atoms with E-state index in [2.05, 4.69) is 18.3 Å². The fourth-order valence-corrected chi connectivity index (χ4v) is 2.58. The molecule has 1 aromatic carbocycles. The summed E-state index contributed by atoms with van der Waals surface area (Å²) >= 11 is 0. The molecule has 2 aliphatic heterocycles. The van der Waals surface area contributed by atoms with E-state index in [0.29, 0.717) is 6.61 Å². The lowest BCUT2D eigenvalue weighted by molar-refractivity contribution is 0.0239. The van der Waals surface area contributed by atoms with Crippen molar-refractivity contribution in [3.8, 4) is 5.75 Å². The standard InChI is InChI=1S/C13H18BNO3/c1-8-5-6-9-11-10(8)12(15-4)17-14(11)18-13(2,3)7-16-9/h5-6,12,15H,7H2,1-4H3/t12-/m0/s1. The van der Waals surface area contributed by atoms with E-state index in [-0.39, 0.29) is 18.9 Å². The molecular weight excluding hydrogens is 229 g/mol. The minimum Gasteiger partial charge on any atom is -0.491 e. The molecule has 0 aliphatic carbocycles. The number of ether oxygens (including phenoxy) is 1. The van der Waals surface area contributed by atoms with Crippen LogP contribution in [0.4, 0.5) is 0 Å². The van der Waals surface area contributed by atoms with Crippen molar-refractivity contribution in [2.24, 2.45) is 0 Å². The summed E-state index contributed by atoms with van der Waals surface area (Å²) in [7, 11) is 1.55. The Morgan fingerprint density at radius 1 is 1.39 bits per heavy atom. The lowest BCUT2D eigenvalue weighted by atomic mass is 9.76. The van der Waals surface area contributed by atoms with Gasteiger partial charge in [-0.2, -0.15) is 0 Å². The molecular formula is C13H18BNO3. The molecule has 0 saturated heterocycles. The van der Waals surface area contributed by atoms with Crippen molar-refractivity contribution in [3.05, 3.63) is 23.3 Å². The molecule has 0 unspecified atom stereocenters. The first-order chi connectivity index (χ1) is 8.52. The van der Waals surface area contributed by atoms with Gasteiger partial charge in [0, 0.05) is 11.0 Å². The van der Waals surface area contributed by atoms with Crippen molar-refractivity contribution in [2.75, 3.05) is 13.7 Å². The van der Waals surface area contributed by atoms with Gasteiger partial charge in [0.05, 0.1) is 5.60 Å². The number of hydrogen-bond acceptors (Lipinski definition) is 4. The van der Waals surface area contributed by atoms with E-state index in [0.717, 1.165) is 16.8 Å². The molecule has 1 N–H and O–H groups in total. The summed E-state index contributed by atoms with van der Waals surface area (Å²) in [6.45, 7) is 6.65. The Kier molecular flexibility index (Phi) is 2.66. The van der Waals surface area contributed by atoms with Crippen LogP contribution in [0, 0.1) is 6.92 Å². The van der Waals surface area contributed by atoms with Crippen molar-refractivity contribution >= 4 is 12.6 Å². The van der Waals surface area contributed by atoms with Gasteiger partial charge >= 0.3 is 7.12 Å². The number of nitrogens with one attached hydrogen (secondary N) is 1. The monoisotopic (exact) mass is 247 g/mol. The Morgan fingerprint density at radius 2 is 2.17 bits per heavy atom. The van der Waals surface area contributed by atoms with Crippen LogP contribution in [0.5, 0.6) is 5.75 Å². The molecule has 5 heteroatoms. The normalized spacial score (nSPS) is 24.4. The van der Waals surface area contributed by atoms with Gasteiger partial charge in [-0.1, -0.05) is 6.07 Å². The van der Waals surface area contributed by atoms with Crippen molar-refractivity contribution in [2.45, 2.75) is 32.6 Å². The topological polar surface area (TPSA) is 39.7 Å². The fourth-order valence-electron chi connectivity index (χ4n) is 2.58. The summed E-state index contributed by atoms with van der Waals surface area (Å²) in [5.74, 6) is 0.879. The molecule has 2 heterocycles. The zero-order chi connectivity index (χ0) is 12.9. The zero-order valence-corrected chi connectivity index (χ0v) is 11.2. The smallest absolute Gasteiger partial charge is 0.491 e. The summed E-state index contributed by atoms with van der Waals surface area (Å²) < 4.78 is 17.8. The van der Waals surface area contributed by atoms with E-state index in [9.17, 15) is 0 Å². The number of rotatable bonds is 1. The fraction of sp³-hybridized carbons (Fsp3) is 0.538. The molecule has 96 valence electrons. The van der Waals surface area contributed by atoms with Crippen LogP contribution in [0.15, 0.2) is 12.1 Å². The van der Waals surface area contributed by atoms with Crippen molar-refractivity contribution in [1.29, 1.82) is 0 Å². The third kappa shape index (κ3) is 1.74. The minimum atomic E-state index is -0.350. The molecule has 0 spiro atoms. The molecule has 0 bridgehead atoms. The Hall–Kier alpha value is -1.04. The maximum Gasteiger partial charge on any atom is 0.500 e. The lowest BCUT2D eigenvalue weighted by Gasteiger charge is -2.25. The Bertz CT molecular complexity index is 489. The maximum atomic E-state index is 6.03. The van der Waals surface area contributed by atoms with Crippen molar-refractivity contribution in [1.82, 2.24) is 5.32 Å². The van der Waals surface area contributed by atoms with E-state index >= 15 is 0 Å². The van der Waals surface area contributed by atoms with Gasteiger partial charge in [0.25, 0.3) is 0 Å². The molecule has 0 radical (unpaired) electrons. The quantitative estimate of drug-likeness (QED) is 0.755. The van der Waals surface area contributed by atoms with Gasteiger partial charge in [-0.05, 0) is 39.4 Å². The summed E-state index contributed by atoms with van der Waals surface area (Å²) in [6.07, 6.45) is -0.123. The maximum absolute atomic E-state index is 6.03. The highest BCUT2D eigenvalue weighted by molar-refractivity contribution is 6.64. The van der Waals surface area contributed by atoms with Crippen molar-refractivity contribution in [3.63, 3.8) is 0 Å². The van der Waals surface area contributed by atoms with Gasteiger partial charge in [0.2, 0.25) is 0 Å². The second-order valence-corrected chi connectivity index (χ2v) is 5.51. The van der Waals surface area contributed by atoms with Crippen LogP contribution in [0.3, 0.4) is 0 Å². The third-order valence-corrected chi connectivity index (χ3v) is 3.49. The summed E-state index contributed by atoms with van der Waals surface area (Å²) in [5.41, 5.74) is 3.04. The summed E-state index contributed by atoms with van der Waals surface area (Å²) in [6, 6.07) is 4.08. The molecule has 0 amide bonds. The van der Waals surface area contributed by atoms with Crippen LogP contribution in [0.25, 0.3) is 0 Å². The molecule has 1 atom stereocenters. The van der Waals surface area contributed by atoms with Gasteiger partial charge in [-0.15, -0.1) is 0 Å². The second kappa shape index (κ2) is 3.98. The predicted octanol–water partition coefficient (Wildman–Crippen LogP) is 1.13. The van der Waals surface area contributed by atoms with Crippen molar-refractivity contribution < 1.29 is 14.0 Å². The van der Waals surface area contributed by atoms with Gasteiger partial charge in [-0.3, -0.25) is 5.32 Å². The summed E-state index contributed by atoms with van der Waals surface area (Å²) in [4.78, 5) is 0. The number of benzene rings is 1. The molecule has 0 fully saturated rings. The van der Waals surface area contributed by atoms with Gasteiger partial charge in [0.15, 0.2) is 0 Å². The van der Waals surface area contributed by atoms with Crippen LogP contribution >= 0.6 is 0 Å². The Morgan fingerprint density at radius 3 is 2.89 bits per heavy atom. The number of aryl methyl sites for hydroxylation is 1. The second-order valence-electron chi connectivity index (χ2n) is 5.51. The molecule has 3 rings (SSSR count). The summed E-state index contributed by atoms with van der Waals surface area (Å²) in [5, 5.41) is 3.17. The largest absolute Gasteiger partial charge is 0.500 e. The minimum absolute atomic E-state index is 0.123. The van der Waals surface area contributed by atoms with E-state index in [1.807, 2.05) is 27.0 Å². The van der Waals surface area contributed by atoms with Crippen LogP contribution in [0.1, 0.15) is 31.2 Å². The van der Waals surface area contributed by atoms with Crippen LogP contribution in [-0.4, -0.2) is 26.4 Å². The molecule has 0 aromatic heterocycles. The van der Waals surface area contributed by atoms with E-state index in [1.165, 1.54) is 5.56 Å². The molecule has 1 aromatic rings. The molecule has 4 nitrogen and oxygen atoms in total. The third-order valence-electron chi connectivity index (χ3n) is 3.49. The molecule has 2 aliphatic rings. The first-order valence-corrected chi connectivity index (χ1v) is 6.28. The Balaban J connectivity index is 2.13. The predicted molar refractivity (Wildman–Crippen MR) is 70.1 cm³/mol.